The lowest BCUT2D eigenvalue weighted by atomic mass is 10.2. The molecule has 1 aliphatic rings. The van der Waals surface area contributed by atoms with Crippen LogP contribution in [0.25, 0.3) is 0 Å². The van der Waals surface area contributed by atoms with Crippen molar-refractivity contribution in [1.82, 2.24) is 10.3 Å². The molecule has 3 nitrogen and oxygen atoms in total. The first kappa shape index (κ1) is 7.98. The summed E-state index contributed by atoms with van der Waals surface area (Å²) in [6, 6.07) is 0. The number of nitrogens with two attached hydrogens (primary N) is 1. The Balaban J connectivity index is 2.28. The van der Waals surface area contributed by atoms with Crippen molar-refractivity contribution in [2.24, 2.45) is 5.84 Å². The zero-order valence-electron chi connectivity index (χ0n) is 6.64. The van der Waals surface area contributed by atoms with E-state index in [4.69, 9.17) is 5.84 Å². The number of nitrogens with one attached hydrogen (secondary N) is 1. The minimum absolute atomic E-state index is 0.405. The highest BCUT2D eigenvalue weighted by atomic mass is 15.4. The van der Waals surface area contributed by atoms with Gasteiger partial charge in [0.2, 0.25) is 0 Å². The molecule has 1 aliphatic heterocycles. The van der Waals surface area contributed by atoms with E-state index >= 15 is 0 Å². The van der Waals surface area contributed by atoms with Gasteiger partial charge in [0.15, 0.2) is 0 Å². The average Bonchev–Trinajstić information content (AvgIpc) is 2.12. The van der Waals surface area contributed by atoms with Crippen LogP contribution in [0.3, 0.4) is 0 Å². The lowest BCUT2D eigenvalue weighted by Crippen LogP contribution is -2.46. The number of hydrogen-bond acceptors (Lipinski definition) is 3. The quantitative estimate of drug-likeness (QED) is 0.409. The summed E-state index contributed by atoms with van der Waals surface area (Å²) in [6.45, 7) is 1.12. The highest BCUT2D eigenvalue weighted by Crippen LogP contribution is 2.08. The van der Waals surface area contributed by atoms with Crippen molar-refractivity contribution in [2.75, 3.05) is 13.6 Å². The Bertz CT molecular complexity index is 84.9. The fourth-order valence-electron chi connectivity index (χ4n) is 1.36. The third-order valence-corrected chi connectivity index (χ3v) is 2.03. The second-order valence-corrected chi connectivity index (χ2v) is 2.98. The Labute approximate surface area is 62.5 Å². The molecule has 1 unspecified atom stereocenters. The number of hydrazine groups is 1. The molecule has 0 aliphatic carbocycles. The molecule has 1 atom stereocenters. The zero-order chi connectivity index (χ0) is 7.40. The Kier molecular flexibility index (Phi) is 3.12. The Morgan fingerprint density at radius 2 is 2.20 bits per heavy atom. The van der Waals surface area contributed by atoms with E-state index < -0.39 is 0 Å². The van der Waals surface area contributed by atoms with E-state index in [1.54, 1.807) is 5.01 Å². The lowest BCUT2D eigenvalue weighted by molar-refractivity contribution is 0.203. The van der Waals surface area contributed by atoms with Crippen molar-refractivity contribution in [3.8, 4) is 0 Å². The largest absolute Gasteiger partial charge is 0.301 e. The minimum atomic E-state index is 0.405. The Morgan fingerprint density at radius 1 is 1.40 bits per heavy atom. The molecule has 3 N–H and O–H groups in total. The molecule has 0 amide bonds. The van der Waals surface area contributed by atoms with Crippen molar-refractivity contribution in [2.45, 2.75) is 31.8 Å². The van der Waals surface area contributed by atoms with Gasteiger partial charge in [0.1, 0.15) is 0 Å². The Morgan fingerprint density at radius 3 is 2.90 bits per heavy atom. The van der Waals surface area contributed by atoms with Gasteiger partial charge in [0.05, 0.1) is 6.17 Å². The molecule has 1 heterocycles. The molecule has 0 aromatic heterocycles. The zero-order valence-corrected chi connectivity index (χ0v) is 6.64. The summed E-state index contributed by atoms with van der Waals surface area (Å²) in [7, 11) is 1.92. The molecule has 1 rings (SSSR count). The van der Waals surface area contributed by atoms with Crippen molar-refractivity contribution in [3.05, 3.63) is 0 Å². The van der Waals surface area contributed by atoms with Gasteiger partial charge < -0.3 is 5.32 Å². The second kappa shape index (κ2) is 3.91. The summed E-state index contributed by atoms with van der Waals surface area (Å²) in [6.07, 6.45) is 5.54. The van der Waals surface area contributed by atoms with Crippen molar-refractivity contribution >= 4 is 0 Å². The van der Waals surface area contributed by atoms with Crippen LogP contribution in [0.15, 0.2) is 0 Å². The van der Waals surface area contributed by atoms with E-state index in [2.05, 4.69) is 5.32 Å². The summed E-state index contributed by atoms with van der Waals surface area (Å²) in [5.74, 6) is 5.61. The van der Waals surface area contributed by atoms with Crippen LogP contribution in [-0.4, -0.2) is 24.8 Å². The molecule has 0 saturated carbocycles. The van der Waals surface area contributed by atoms with Crippen molar-refractivity contribution < 1.29 is 0 Å². The molecule has 1 saturated heterocycles. The van der Waals surface area contributed by atoms with Crippen LogP contribution >= 0.6 is 0 Å². The fourth-order valence-corrected chi connectivity index (χ4v) is 1.36. The standard InChI is InChI=1S/C7H17N3/c1-10(8)7-5-3-2-4-6-9-7/h7,9H,2-6,8H2,1H3. The van der Waals surface area contributed by atoms with Gasteiger partial charge in [-0.2, -0.15) is 0 Å². The van der Waals surface area contributed by atoms with E-state index in [1.165, 1.54) is 25.7 Å². The third kappa shape index (κ3) is 2.25. The molecule has 60 valence electrons. The summed E-state index contributed by atoms with van der Waals surface area (Å²) >= 11 is 0. The highest BCUT2D eigenvalue weighted by molar-refractivity contribution is 4.66. The van der Waals surface area contributed by atoms with Gasteiger partial charge in [0.25, 0.3) is 0 Å². The average molecular weight is 143 g/mol. The highest BCUT2D eigenvalue weighted by Gasteiger charge is 2.12. The summed E-state index contributed by atoms with van der Waals surface area (Å²) in [5.41, 5.74) is 0. The maximum absolute atomic E-state index is 5.61. The first-order valence-electron chi connectivity index (χ1n) is 4.01. The van der Waals surface area contributed by atoms with Crippen LogP contribution < -0.4 is 11.2 Å². The van der Waals surface area contributed by atoms with Gasteiger partial charge >= 0.3 is 0 Å². The van der Waals surface area contributed by atoms with Crippen LogP contribution in [-0.2, 0) is 0 Å². The monoisotopic (exact) mass is 143 g/mol. The predicted molar refractivity (Wildman–Crippen MR) is 42.2 cm³/mol. The molecule has 0 aromatic carbocycles. The van der Waals surface area contributed by atoms with Crippen molar-refractivity contribution in [3.63, 3.8) is 0 Å². The van der Waals surface area contributed by atoms with Crippen LogP contribution in [0, 0.1) is 0 Å². The molecule has 0 aromatic rings. The number of rotatable bonds is 1. The van der Waals surface area contributed by atoms with Crippen LogP contribution in [0.1, 0.15) is 25.7 Å². The van der Waals surface area contributed by atoms with Gasteiger partial charge in [-0.05, 0) is 19.4 Å². The number of hydrogen-bond donors (Lipinski definition) is 2. The van der Waals surface area contributed by atoms with E-state index in [9.17, 15) is 0 Å². The van der Waals surface area contributed by atoms with Crippen LogP contribution in [0.5, 0.6) is 0 Å². The molecular formula is C7H17N3. The van der Waals surface area contributed by atoms with Crippen LogP contribution in [0.2, 0.25) is 0 Å². The number of nitrogens with zero attached hydrogens (tertiary/aromatic N) is 1. The SMILES string of the molecule is CN(N)C1CCCCCN1. The van der Waals surface area contributed by atoms with Crippen LogP contribution in [0.4, 0.5) is 0 Å². The van der Waals surface area contributed by atoms with Gasteiger partial charge in [-0.25, -0.2) is 5.01 Å². The molecular weight excluding hydrogens is 126 g/mol. The predicted octanol–water partition coefficient (Wildman–Crippen LogP) is 0.282. The molecule has 10 heavy (non-hydrogen) atoms. The first-order chi connectivity index (χ1) is 4.80. The molecule has 0 radical (unpaired) electrons. The van der Waals surface area contributed by atoms with E-state index in [0.29, 0.717) is 6.17 Å². The van der Waals surface area contributed by atoms with Gasteiger partial charge in [-0.3, -0.25) is 5.84 Å². The summed E-state index contributed by atoms with van der Waals surface area (Å²) in [5, 5.41) is 5.15. The Hall–Kier alpha value is -0.120. The summed E-state index contributed by atoms with van der Waals surface area (Å²) < 4.78 is 0. The minimum Gasteiger partial charge on any atom is -0.301 e. The fraction of sp³-hybridized carbons (Fsp3) is 1.00. The van der Waals surface area contributed by atoms with Gasteiger partial charge in [-0.15, -0.1) is 0 Å². The van der Waals surface area contributed by atoms with E-state index in [-0.39, 0.29) is 0 Å². The third-order valence-electron chi connectivity index (χ3n) is 2.03. The normalized spacial score (nSPS) is 28.5. The molecule has 3 heteroatoms. The molecule has 1 fully saturated rings. The maximum Gasteiger partial charge on any atom is 0.0727 e. The molecule has 0 bridgehead atoms. The summed E-state index contributed by atoms with van der Waals surface area (Å²) in [4.78, 5) is 0. The topological polar surface area (TPSA) is 41.3 Å². The molecule has 0 spiro atoms. The van der Waals surface area contributed by atoms with Gasteiger partial charge in [0, 0.05) is 7.05 Å². The maximum atomic E-state index is 5.61. The second-order valence-electron chi connectivity index (χ2n) is 2.98. The first-order valence-corrected chi connectivity index (χ1v) is 4.01. The van der Waals surface area contributed by atoms with Crippen molar-refractivity contribution in [1.29, 1.82) is 0 Å². The smallest absolute Gasteiger partial charge is 0.0727 e. The van der Waals surface area contributed by atoms with E-state index in [0.717, 1.165) is 6.54 Å². The van der Waals surface area contributed by atoms with Gasteiger partial charge in [-0.1, -0.05) is 12.8 Å². The van der Waals surface area contributed by atoms with E-state index in [1.807, 2.05) is 7.05 Å². The lowest BCUT2D eigenvalue weighted by Gasteiger charge is -2.22.